The van der Waals surface area contributed by atoms with Crippen molar-refractivity contribution < 1.29 is 4.79 Å². The van der Waals surface area contributed by atoms with Gasteiger partial charge < -0.3 is 21.3 Å². The van der Waals surface area contributed by atoms with Crippen molar-refractivity contribution in [2.24, 2.45) is 16.6 Å². The van der Waals surface area contributed by atoms with Gasteiger partial charge in [-0.25, -0.2) is 0 Å². The number of carbonyl (C=O) groups excluding carboxylic acids is 1. The average molecular weight is 429 g/mol. The van der Waals surface area contributed by atoms with Crippen molar-refractivity contribution >= 4 is 11.9 Å². The van der Waals surface area contributed by atoms with E-state index in [-0.39, 0.29) is 11.8 Å². The first-order chi connectivity index (χ1) is 15.0. The van der Waals surface area contributed by atoms with Crippen LogP contribution in [0.5, 0.6) is 0 Å². The first-order valence-corrected chi connectivity index (χ1v) is 11.8. The molecule has 31 heavy (non-hydrogen) atoms. The molecule has 2 saturated heterocycles. The van der Waals surface area contributed by atoms with Gasteiger partial charge in [0.05, 0.1) is 5.92 Å². The van der Waals surface area contributed by atoms with Crippen molar-refractivity contribution in [1.29, 1.82) is 0 Å². The zero-order valence-corrected chi connectivity index (χ0v) is 19.2. The van der Waals surface area contributed by atoms with Gasteiger partial charge in [0.15, 0.2) is 5.96 Å². The van der Waals surface area contributed by atoms with E-state index in [1.807, 2.05) is 7.05 Å². The fraction of sp³-hybridized carbons (Fsp3) is 0.667. The lowest BCUT2D eigenvalue weighted by Gasteiger charge is -2.38. The number of benzene rings is 1. The number of carbonyl (C=O) groups is 1. The summed E-state index contributed by atoms with van der Waals surface area (Å²) in [5.41, 5.74) is 6.87. The third kappa shape index (κ3) is 7.51. The number of likely N-dealkylation sites (tertiary alicyclic amines) is 2. The van der Waals surface area contributed by atoms with Gasteiger partial charge in [-0.3, -0.25) is 14.7 Å². The molecule has 0 aromatic heterocycles. The molecule has 7 nitrogen and oxygen atoms in total. The molecule has 7 heteroatoms. The molecule has 1 amide bonds. The van der Waals surface area contributed by atoms with Crippen molar-refractivity contribution in [1.82, 2.24) is 20.4 Å². The Hall–Kier alpha value is -2.12. The van der Waals surface area contributed by atoms with Crippen molar-refractivity contribution in [2.45, 2.75) is 57.7 Å². The molecule has 4 N–H and O–H groups in total. The Bertz CT molecular complexity index is 709. The summed E-state index contributed by atoms with van der Waals surface area (Å²) in [6, 6.07) is 11.7. The number of primary amides is 1. The molecule has 1 aromatic carbocycles. The number of amides is 1. The molecule has 3 atom stereocenters. The summed E-state index contributed by atoms with van der Waals surface area (Å²) in [7, 11) is 1.84. The Morgan fingerprint density at radius 1 is 1.23 bits per heavy atom. The van der Waals surface area contributed by atoms with Gasteiger partial charge in [-0.2, -0.15) is 0 Å². The lowest BCUT2D eigenvalue weighted by atomic mass is 9.97. The number of hydrogen-bond donors (Lipinski definition) is 3. The molecule has 2 fully saturated rings. The fourth-order valence-electron chi connectivity index (χ4n) is 4.79. The molecule has 3 rings (SSSR count). The maximum atomic E-state index is 11.4. The zero-order valence-electron chi connectivity index (χ0n) is 19.2. The Balaban J connectivity index is 1.34. The minimum absolute atomic E-state index is 0.0193. The first-order valence-electron chi connectivity index (χ1n) is 11.8. The highest BCUT2D eigenvalue weighted by Gasteiger charge is 2.26. The SMILES string of the molecule is CN=C(NCCCN1CCCC(C(N)=O)C1)NC1CCN(Cc2ccccc2)C(C)C1. The molecule has 0 aliphatic carbocycles. The fourth-order valence-corrected chi connectivity index (χ4v) is 4.79. The van der Waals surface area contributed by atoms with Crippen molar-refractivity contribution in [2.75, 3.05) is 39.8 Å². The van der Waals surface area contributed by atoms with Crippen LogP contribution in [0.3, 0.4) is 0 Å². The van der Waals surface area contributed by atoms with Gasteiger partial charge in [0.2, 0.25) is 5.91 Å². The Morgan fingerprint density at radius 3 is 2.74 bits per heavy atom. The van der Waals surface area contributed by atoms with Crippen LogP contribution in [0.25, 0.3) is 0 Å². The van der Waals surface area contributed by atoms with E-state index >= 15 is 0 Å². The smallest absolute Gasteiger partial charge is 0.221 e. The van der Waals surface area contributed by atoms with Crippen LogP contribution in [-0.2, 0) is 11.3 Å². The lowest BCUT2D eigenvalue weighted by molar-refractivity contribution is -0.123. The summed E-state index contributed by atoms with van der Waals surface area (Å²) in [5, 5.41) is 7.08. The molecule has 0 spiro atoms. The summed E-state index contributed by atoms with van der Waals surface area (Å²) < 4.78 is 0. The Kier molecular flexibility index (Phi) is 9.15. The van der Waals surface area contributed by atoms with E-state index in [0.29, 0.717) is 12.1 Å². The van der Waals surface area contributed by atoms with Crippen LogP contribution in [0.2, 0.25) is 0 Å². The van der Waals surface area contributed by atoms with Crippen molar-refractivity contribution in [3.05, 3.63) is 35.9 Å². The van der Waals surface area contributed by atoms with Crippen LogP contribution < -0.4 is 16.4 Å². The quantitative estimate of drug-likeness (QED) is 0.334. The van der Waals surface area contributed by atoms with Crippen LogP contribution >= 0.6 is 0 Å². The molecule has 0 saturated carbocycles. The standard InChI is InChI=1S/C24H40N6O/c1-19-16-22(11-15-30(19)17-20-8-4-3-5-9-20)28-24(26-2)27-12-7-14-29-13-6-10-21(18-29)23(25)31/h3-5,8-9,19,21-22H,6-7,10-18H2,1-2H3,(H2,25,31)(H2,26,27,28). The molecule has 1 aromatic rings. The maximum absolute atomic E-state index is 11.4. The summed E-state index contributed by atoms with van der Waals surface area (Å²) in [4.78, 5) is 20.8. The number of piperidine rings is 2. The monoisotopic (exact) mass is 428 g/mol. The van der Waals surface area contributed by atoms with Gasteiger partial charge in [-0.05, 0) is 57.7 Å². The summed E-state index contributed by atoms with van der Waals surface area (Å²) in [6.45, 7) is 8.18. The van der Waals surface area contributed by atoms with E-state index in [9.17, 15) is 4.79 Å². The van der Waals surface area contributed by atoms with E-state index < -0.39 is 0 Å². The maximum Gasteiger partial charge on any atom is 0.221 e. The Morgan fingerprint density at radius 2 is 2.03 bits per heavy atom. The highest BCUT2D eigenvalue weighted by atomic mass is 16.1. The van der Waals surface area contributed by atoms with E-state index in [1.54, 1.807) is 0 Å². The van der Waals surface area contributed by atoms with Crippen LogP contribution in [0.1, 0.15) is 44.6 Å². The molecule has 2 aliphatic heterocycles. The topological polar surface area (TPSA) is 86.0 Å². The molecule has 172 valence electrons. The second kappa shape index (κ2) is 12.1. The predicted octanol–water partition coefficient (Wildman–Crippen LogP) is 1.79. The average Bonchev–Trinajstić information content (AvgIpc) is 2.78. The molecule has 3 unspecified atom stereocenters. The Labute approximate surface area is 187 Å². The summed E-state index contributed by atoms with van der Waals surface area (Å²) >= 11 is 0. The van der Waals surface area contributed by atoms with E-state index in [1.165, 1.54) is 5.56 Å². The van der Waals surface area contributed by atoms with Gasteiger partial charge in [0.25, 0.3) is 0 Å². The van der Waals surface area contributed by atoms with Crippen LogP contribution in [-0.4, -0.2) is 73.5 Å². The molecule has 0 radical (unpaired) electrons. The molecular formula is C24H40N6O. The van der Waals surface area contributed by atoms with E-state index in [2.05, 4.69) is 62.7 Å². The molecule has 0 bridgehead atoms. The van der Waals surface area contributed by atoms with E-state index in [0.717, 1.165) is 77.3 Å². The molecule has 2 aliphatic rings. The summed E-state index contributed by atoms with van der Waals surface area (Å²) in [5.74, 6) is 0.754. The normalized spacial score (nSPS) is 25.9. The number of guanidine groups is 1. The summed E-state index contributed by atoms with van der Waals surface area (Å²) in [6.07, 6.45) is 5.27. The minimum Gasteiger partial charge on any atom is -0.369 e. The van der Waals surface area contributed by atoms with Gasteiger partial charge >= 0.3 is 0 Å². The highest BCUT2D eigenvalue weighted by Crippen LogP contribution is 2.20. The van der Waals surface area contributed by atoms with Crippen molar-refractivity contribution in [3.8, 4) is 0 Å². The number of hydrogen-bond acceptors (Lipinski definition) is 4. The van der Waals surface area contributed by atoms with E-state index in [4.69, 9.17) is 5.73 Å². The predicted molar refractivity (Wildman–Crippen MR) is 127 cm³/mol. The number of rotatable bonds is 8. The van der Waals surface area contributed by atoms with Gasteiger partial charge in [0.1, 0.15) is 0 Å². The second-order valence-electron chi connectivity index (χ2n) is 9.07. The number of nitrogens with one attached hydrogen (secondary N) is 2. The van der Waals surface area contributed by atoms with Crippen LogP contribution in [0.15, 0.2) is 35.3 Å². The first kappa shape index (κ1) is 23.5. The van der Waals surface area contributed by atoms with Crippen molar-refractivity contribution in [3.63, 3.8) is 0 Å². The molecular weight excluding hydrogens is 388 g/mol. The number of nitrogens with two attached hydrogens (primary N) is 1. The highest BCUT2D eigenvalue weighted by molar-refractivity contribution is 5.80. The van der Waals surface area contributed by atoms with Gasteiger partial charge in [-0.1, -0.05) is 30.3 Å². The van der Waals surface area contributed by atoms with Crippen LogP contribution in [0.4, 0.5) is 0 Å². The lowest BCUT2D eigenvalue weighted by Crippen LogP contribution is -2.51. The van der Waals surface area contributed by atoms with Crippen LogP contribution in [0, 0.1) is 5.92 Å². The van der Waals surface area contributed by atoms with Gasteiger partial charge in [0, 0.05) is 45.3 Å². The number of aliphatic imine (C=N–C) groups is 1. The third-order valence-corrected chi connectivity index (χ3v) is 6.66. The largest absolute Gasteiger partial charge is 0.369 e. The molecule has 2 heterocycles. The number of nitrogens with zero attached hydrogens (tertiary/aromatic N) is 3. The minimum atomic E-state index is -0.156. The van der Waals surface area contributed by atoms with Gasteiger partial charge in [-0.15, -0.1) is 0 Å². The zero-order chi connectivity index (χ0) is 22.1. The third-order valence-electron chi connectivity index (χ3n) is 6.66. The second-order valence-corrected chi connectivity index (χ2v) is 9.07.